The third kappa shape index (κ3) is 5.22. The molecule has 0 atom stereocenters. The number of nitrogens with zero attached hydrogens (tertiary/aromatic N) is 3. The zero-order valence-corrected chi connectivity index (χ0v) is 16.6. The number of hydrogen-bond donors (Lipinski definition) is 2. The van der Waals surface area contributed by atoms with E-state index in [4.69, 9.17) is 0 Å². The van der Waals surface area contributed by atoms with E-state index in [1.54, 1.807) is 41.6 Å². The second kappa shape index (κ2) is 8.29. The van der Waals surface area contributed by atoms with Crippen LogP contribution in [-0.4, -0.2) is 53.5 Å². The molecule has 0 bridgehead atoms. The summed E-state index contributed by atoms with van der Waals surface area (Å²) in [4.78, 5) is 33.0. The summed E-state index contributed by atoms with van der Waals surface area (Å²) in [6.45, 7) is 8.61. The lowest BCUT2D eigenvalue weighted by Gasteiger charge is -2.36. The SMILES string of the molecule is CC(C)(C)NC(=O)c1cccc(NC(=O)N2CCN(c3ccncc3)CC2)c1. The standard InChI is InChI=1S/C21H27N5O2/c1-21(2,3)24-19(27)16-5-4-6-17(15-16)23-20(28)26-13-11-25(12-14-26)18-7-9-22-10-8-18/h4-10,15H,11-14H2,1-3H3,(H,23,28)(H,24,27). The molecule has 3 amide bonds. The van der Waals surface area contributed by atoms with E-state index in [-0.39, 0.29) is 17.5 Å². The van der Waals surface area contributed by atoms with Crippen LogP contribution in [-0.2, 0) is 0 Å². The number of anilines is 2. The van der Waals surface area contributed by atoms with Crippen molar-refractivity contribution in [2.24, 2.45) is 0 Å². The number of carbonyl (C=O) groups is 2. The van der Waals surface area contributed by atoms with Crippen molar-refractivity contribution in [3.05, 3.63) is 54.4 Å². The molecule has 0 spiro atoms. The third-order valence-electron chi connectivity index (χ3n) is 4.46. The van der Waals surface area contributed by atoms with E-state index in [0.717, 1.165) is 18.8 Å². The van der Waals surface area contributed by atoms with Gasteiger partial charge in [-0.05, 0) is 51.1 Å². The zero-order valence-electron chi connectivity index (χ0n) is 16.6. The summed E-state index contributed by atoms with van der Waals surface area (Å²) in [5.41, 5.74) is 1.94. The highest BCUT2D eigenvalue weighted by Gasteiger charge is 2.22. The van der Waals surface area contributed by atoms with Gasteiger partial charge in [0.05, 0.1) is 0 Å². The summed E-state index contributed by atoms with van der Waals surface area (Å²) in [5.74, 6) is -0.158. The molecule has 2 aromatic rings. The first-order chi connectivity index (χ1) is 13.3. The number of pyridine rings is 1. The number of nitrogens with one attached hydrogen (secondary N) is 2. The maximum Gasteiger partial charge on any atom is 0.321 e. The molecule has 0 radical (unpaired) electrons. The van der Waals surface area contributed by atoms with Crippen molar-refractivity contribution >= 4 is 23.3 Å². The van der Waals surface area contributed by atoms with Gasteiger partial charge in [0.15, 0.2) is 0 Å². The van der Waals surface area contributed by atoms with E-state index >= 15 is 0 Å². The molecule has 7 heteroatoms. The zero-order chi connectivity index (χ0) is 20.1. The van der Waals surface area contributed by atoms with E-state index in [1.807, 2.05) is 32.9 Å². The van der Waals surface area contributed by atoms with Gasteiger partial charge in [-0.1, -0.05) is 6.07 Å². The first-order valence-electron chi connectivity index (χ1n) is 9.45. The number of benzene rings is 1. The van der Waals surface area contributed by atoms with Gasteiger partial charge in [0.2, 0.25) is 0 Å². The number of carbonyl (C=O) groups excluding carboxylic acids is 2. The fourth-order valence-corrected chi connectivity index (χ4v) is 3.08. The monoisotopic (exact) mass is 381 g/mol. The molecule has 1 aromatic carbocycles. The fourth-order valence-electron chi connectivity index (χ4n) is 3.08. The minimum absolute atomic E-state index is 0.150. The molecule has 0 unspecified atom stereocenters. The molecule has 2 heterocycles. The smallest absolute Gasteiger partial charge is 0.321 e. The van der Waals surface area contributed by atoms with Crippen molar-refractivity contribution in [3.8, 4) is 0 Å². The third-order valence-corrected chi connectivity index (χ3v) is 4.46. The normalized spacial score (nSPS) is 14.5. The lowest BCUT2D eigenvalue weighted by atomic mass is 10.1. The Morgan fingerprint density at radius 2 is 1.68 bits per heavy atom. The van der Waals surface area contributed by atoms with Gasteiger partial charge in [-0.15, -0.1) is 0 Å². The van der Waals surface area contributed by atoms with Crippen molar-refractivity contribution in [1.82, 2.24) is 15.2 Å². The highest BCUT2D eigenvalue weighted by Crippen LogP contribution is 2.17. The molecule has 1 aliphatic rings. The number of piperazine rings is 1. The topological polar surface area (TPSA) is 77.6 Å². The molecule has 1 aliphatic heterocycles. The number of urea groups is 1. The van der Waals surface area contributed by atoms with Gasteiger partial charge >= 0.3 is 6.03 Å². The van der Waals surface area contributed by atoms with Crippen molar-refractivity contribution < 1.29 is 9.59 Å². The van der Waals surface area contributed by atoms with Crippen LogP contribution in [0.2, 0.25) is 0 Å². The molecule has 2 N–H and O–H groups in total. The maximum absolute atomic E-state index is 12.6. The van der Waals surface area contributed by atoms with Gasteiger partial charge in [-0.25, -0.2) is 4.79 Å². The highest BCUT2D eigenvalue weighted by molar-refractivity contribution is 5.97. The van der Waals surface area contributed by atoms with E-state index < -0.39 is 0 Å². The number of amides is 3. The Kier molecular flexibility index (Phi) is 5.82. The molecular weight excluding hydrogens is 354 g/mol. The fraction of sp³-hybridized carbons (Fsp3) is 0.381. The Labute approximate surface area is 165 Å². The van der Waals surface area contributed by atoms with E-state index in [2.05, 4.69) is 20.5 Å². The molecule has 0 aliphatic carbocycles. The molecule has 3 rings (SSSR count). The van der Waals surface area contributed by atoms with E-state index in [9.17, 15) is 9.59 Å². The Bertz CT molecular complexity index is 824. The Morgan fingerprint density at radius 1 is 1.00 bits per heavy atom. The lowest BCUT2D eigenvalue weighted by Crippen LogP contribution is -2.50. The molecule has 1 saturated heterocycles. The first kappa shape index (κ1) is 19.7. The highest BCUT2D eigenvalue weighted by atomic mass is 16.2. The van der Waals surface area contributed by atoms with Gasteiger partial charge < -0.3 is 20.4 Å². The maximum atomic E-state index is 12.6. The summed E-state index contributed by atoms with van der Waals surface area (Å²) in [7, 11) is 0. The van der Waals surface area contributed by atoms with Gasteiger partial charge in [0.25, 0.3) is 5.91 Å². The van der Waals surface area contributed by atoms with Crippen molar-refractivity contribution in [2.45, 2.75) is 26.3 Å². The number of aromatic nitrogens is 1. The molecule has 148 valence electrons. The second-order valence-corrected chi connectivity index (χ2v) is 7.89. The van der Waals surface area contributed by atoms with Crippen LogP contribution in [0, 0.1) is 0 Å². The molecule has 7 nitrogen and oxygen atoms in total. The van der Waals surface area contributed by atoms with Crippen LogP contribution in [0.5, 0.6) is 0 Å². The van der Waals surface area contributed by atoms with Gasteiger partial charge in [0.1, 0.15) is 0 Å². The van der Waals surface area contributed by atoms with Crippen molar-refractivity contribution in [2.75, 3.05) is 36.4 Å². The summed E-state index contributed by atoms with van der Waals surface area (Å²) in [5, 5.41) is 5.83. The van der Waals surface area contributed by atoms with Gasteiger partial charge in [-0.2, -0.15) is 0 Å². The average Bonchev–Trinajstić information content (AvgIpc) is 2.68. The molecular formula is C21H27N5O2. The molecule has 28 heavy (non-hydrogen) atoms. The molecule has 1 aromatic heterocycles. The van der Waals surface area contributed by atoms with Crippen LogP contribution in [0.15, 0.2) is 48.8 Å². The van der Waals surface area contributed by atoms with Crippen LogP contribution < -0.4 is 15.5 Å². The minimum atomic E-state index is -0.315. The Morgan fingerprint density at radius 3 is 2.32 bits per heavy atom. The predicted molar refractivity (Wildman–Crippen MR) is 111 cm³/mol. The van der Waals surface area contributed by atoms with Crippen LogP contribution in [0.3, 0.4) is 0 Å². The Balaban J connectivity index is 1.57. The minimum Gasteiger partial charge on any atom is -0.368 e. The Hall–Kier alpha value is -3.09. The van der Waals surface area contributed by atoms with Gasteiger partial charge in [0, 0.05) is 61.0 Å². The summed E-state index contributed by atoms with van der Waals surface area (Å²) in [6, 6.07) is 10.8. The van der Waals surface area contributed by atoms with E-state index in [0.29, 0.717) is 24.3 Å². The quantitative estimate of drug-likeness (QED) is 0.857. The van der Waals surface area contributed by atoms with Gasteiger partial charge in [-0.3, -0.25) is 9.78 Å². The lowest BCUT2D eigenvalue weighted by molar-refractivity contribution is 0.0919. The van der Waals surface area contributed by atoms with Crippen LogP contribution >= 0.6 is 0 Å². The first-order valence-corrected chi connectivity index (χ1v) is 9.45. The van der Waals surface area contributed by atoms with E-state index in [1.165, 1.54) is 0 Å². The largest absolute Gasteiger partial charge is 0.368 e. The molecule has 1 fully saturated rings. The van der Waals surface area contributed by atoms with Crippen molar-refractivity contribution in [3.63, 3.8) is 0 Å². The summed E-state index contributed by atoms with van der Waals surface area (Å²) < 4.78 is 0. The number of rotatable bonds is 3. The summed E-state index contributed by atoms with van der Waals surface area (Å²) in [6.07, 6.45) is 3.55. The van der Waals surface area contributed by atoms with Crippen molar-refractivity contribution in [1.29, 1.82) is 0 Å². The predicted octanol–water partition coefficient (Wildman–Crippen LogP) is 2.96. The second-order valence-electron chi connectivity index (χ2n) is 7.89. The van der Waals surface area contributed by atoms with Crippen LogP contribution in [0.4, 0.5) is 16.2 Å². The molecule has 0 saturated carbocycles. The summed E-state index contributed by atoms with van der Waals surface area (Å²) >= 11 is 0. The average molecular weight is 381 g/mol. The van der Waals surface area contributed by atoms with Crippen LogP contribution in [0.1, 0.15) is 31.1 Å². The number of hydrogen-bond acceptors (Lipinski definition) is 4. The van der Waals surface area contributed by atoms with Crippen LogP contribution in [0.25, 0.3) is 0 Å².